The Morgan fingerprint density at radius 3 is 2.56 bits per heavy atom. The van der Waals surface area contributed by atoms with E-state index < -0.39 is 18.3 Å². The van der Waals surface area contributed by atoms with Crippen LogP contribution in [-0.2, 0) is 0 Å². The number of rotatable bonds is 3. The first kappa shape index (κ1) is 12.6. The number of nitrogens with one attached hydrogen (secondary N) is 1. The molecule has 0 radical (unpaired) electrons. The molecule has 0 bridgehead atoms. The molecule has 0 atom stereocenters. The van der Waals surface area contributed by atoms with Gasteiger partial charge in [0.25, 0.3) is 5.56 Å². The monoisotopic (exact) mass is 234 g/mol. The number of hydrogen-bond acceptors (Lipinski definition) is 2. The average Bonchev–Trinajstić information content (AvgIpc) is 2.14. The van der Waals surface area contributed by atoms with Gasteiger partial charge in [-0.15, -0.1) is 0 Å². The molecule has 90 valence electrons. The second kappa shape index (κ2) is 4.59. The molecule has 0 amide bonds. The van der Waals surface area contributed by atoms with Crippen LogP contribution in [0.25, 0.3) is 0 Å². The highest BCUT2D eigenvalue weighted by molar-refractivity contribution is 5.40. The third kappa shape index (κ3) is 3.29. The Kier molecular flexibility index (Phi) is 3.62. The summed E-state index contributed by atoms with van der Waals surface area (Å²) >= 11 is 0. The quantitative estimate of drug-likeness (QED) is 0.871. The van der Waals surface area contributed by atoms with Crippen molar-refractivity contribution in [2.24, 2.45) is 0 Å². The van der Waals surface area contributed by atoms with Crippen molar-refractivity contribution in [2.75, 3.05) is 11.9 Å². The molecule has 0 aliphatic rings. The number of aromatic nitrogens is 1. The van der Waals surface area contributed by atoms with Gasteiger partial charge in [-0.1, -0.05) is 0 Å². The van der Waals surface area contributed by atoms with Crippen molar-refractivity contribution in [1.82, 2.24) is 4.57 Å². The van der Waals surface area contributed by atoms with Crippen LogP contribution in [0.5, 0.6) is 0 Å². The van der Waals surface area contributed by atoms with E-state index in [0.717, 1.165) is 0 Å². The fraction of sp³-hybridized carbons (Fsp3) is 0.500. The topological polar surface area (TPSA) is 34.0 Å². The number of anilines is 1. The van der Waals surface area contributed by atoms with Crippen molar-refractivity contribution in [3.8, 4) is 0 Å². The highest BCUT2D eigenvalue weighted by Gasteiger charge is 2.27. The van der Waals surface area contributed by atoms with Crippen LogP contribution in [0, 0.1) is 0 Å². The number of alkyl halides is 3. The highest BCUT2D eigenvalue weighted by Crippen LogP contribution is 2.15. The van der Waals surface area contributed by atoms with Gasteiger partial charge < -0.3 is 9.88 Å². The molecule has 1 heterocycles. The smallest absolute Gasteiger partial charge is 0.372 e. The number of nitrogens with zero attached hydrogens (tertiary/aromatic N) is 1. The summed E-state index contributed by atoms with van der Waals surface area (Å²) in [5.41, 5.74) is -0.477. The predicted octanol–water partition coefficient (Wildman–Crippen LogP) is 2.40. The van der Waals surface area contributed by atoms with Crippen LogP contribution >= 0.6 is 0 Å². The first-order chi connectivity index (χ1) is 7.31. The second-order valence-electron chi connectivity index (χ2n) is 3.70. The summed E-state index contributed by atoms with van der Waals surface area (Å²) in [6, 6.07) is 2.80. The third-order valence-electron chi connectivity index (χ3n) is 2.01. The van der Waals surface area contributed by atoms with Gasteiger partial charge in [0.1, 0.15) is 12.2 Å². The molecule has 3 nitrogen and oxygen atoms in total. The van der Waals surface area contributed by atoms with E-state index in [1.807, 2.05) is 0 Å². The molecule has 6 heteroatoms. The Morgan fingerprint density at radius 1 is 1.44 bits per heavy atom. The number of hydrogen-bond donors (Lipinski definition) is 1. The van der Waals surface area contributed by atoms with Gasteiger partial charge in [0.15, 0.2) is 0 Å². The zero-order chi connectivity index (χ0) is 12.3. The lowest BCUT2D eigenvalue weighted by molar-refractivity contribution is -0.115. The maximum atomic E-state index is 12.0. The van der Waals surface area contributed by atoms with Crippen LogP contribution in [0.3, 0.4) is 0 Å². The molecule has 1 aromatic rings. The van der Waals surface area contributed by atoms with E-state index in [0.29, 0.717) is 0 Å². The highest BCUT2D eigenvalue weighted by atomic mass is 19.4. The van der Waals surface area contributed by atoms with Gasteiger partial charge in [-0.25, -0.2) is 0 Å². The van der Waals surface area contributed by atoms with Crippen molar-refractivity contribution in [2.45, 2.75) is 26.1 Å². The van der Waals surface area contributed by atoms with Gasteiger partial charge in [-0.2, -0.15) is 13.2 Å². The maximum Gasteiger partial charge on any atom is 0.405 e. The Labute approximate surface area is 90.9 Å². The molecular weight excluding hydrogens is 221 g/mol. The van der Waals surface area contributed by atoms with E-state index in [4.69, 9.17) is 0 Å². The minimum atomic E-state index is -4.33. The van der Waals surface area contributed by atoms with Crippen LogP contribution in [0.1, 0.15) is 19.9 Å². The van der Waals surface area contributed by atoms with Crippen molar-refractivity contribution in [3.05, 3.63) is 28.7 Å². The molecule has 16 heavy (non-hydrogen) atoms. The zero-order valence-corrected chi connectivity index (χ0v) is 9.01. The summed E-state index contributed by atoms with van der Waals surface area (Å²) < 4.78 is 37.3. The molecule has 1 rings (SSSR count). The lowest BCUT2D eigenvalue weighted by atomic mass is 10.3. The van der Waals surface area contributed by atoms with E-state index in [1.165, 1.54) is 10.6 Å². The van der Waals surface area contributed by atoms with E-state index in [2.05, 4.69) is 5.32 Å². The fourth-order valence-electron chi connectivity index (χ4n) is 1.25. The largest absolute Gasteiger partial charge is 0.405 e. The minimum Gasteiger partial charge on any atom is -0.372 e. The van der Waals surface area contributed by atoms with Crippen molar-refractivity contribution in [3.63, 3.8) is 0 Å². The summed E-state index contributed by atoms with van der Waals surface area (Å²) in [5, 5.41) is 2.09. The molecule has 1 aromatic heterocycles. The van der Waals surface area contributed by atoms with Crippen LogP contribution in [0.4, 0.5) is 18.9 Å². The standard InChI is InChI=1S/C10H13F3N2O/c1-7(2)15-5-3-4-8(9(15)16)14-6-10(11,12)13/h3-5,7,14H,6H2,1-2H3. The summed E-state index contributed by atoms with van der Waals surface area (Å²) in [6.07, 6.45) is -2.78. The van der Waals surface area contributed by atoms with Gasteiger partial charge in [0.05, 0.1) is 0 Å². The van der Waals surface area contributed by atoms with Gasteiger partial charge >= 0.3 is 6.18 Å². The Balaban J connectivity index is 2.90. The Hall–Kier alpha value is -1.46. The molecule has 0 aromatic carbocycles. The first-order valence-electron chi connectivity index (χ1n) is 4.83. The molecule has 0 aliphatic carbocycles. The van der Waals surface area contributed by atoms with E-state index in [-0.39, 0.29) is 11.7 Å². The van der Waals surface area contributed by atoms with Gasteiger partial charge in [-0.05, 0) is 26.0 Å². The molecule has 0 aliphatic heterocycles. The second-order valence-corrected chi connectivity index (χ2v) is 3.70. The average molecular weight is 234 g/mol. The lowest BCUT2D eigenvalue weighted by Crippen LogP contribution is -2.28. The zero-order valence-electron chi connectivity index (χ0n) is 9.01. The first-order valence-corrected chi connectivity index (χ1v) is 4.83. The van der Waals surface area contributed by atoms with E-state index in [1.54, 1.807) is 26.1 Å². The predicted molar refractivity (Wildman–Crippen MR) is 55.6 cm³/mol. The molecule has 0 spiro atoms. The SMILES string of the molecule is CC(C)n1cccc(NCC(F)(F)F)c1=O. The molecule has 0 saturated carbocycles. The van der Waals surface area contributed by atoms with Crippen molar-refractivity contribution < 1.29 is 13.2 Å². The summed E-state index contributed by atoms with van der Waals surface area (Å²) in [5.74, 6) is 0. The van der Waals surface area contributed by atoms with Gasteiger partial charge in [-0.3, -0.25) is 4.79 Å². The third-order valence-corrected chi connectivity index (χ3v) is 2.01. The van der Waals surface area contributed by atoms with Crippen molar-refractivity contribution >= 4 is 5.69 Å². The lowest BCUT2D eigenvalue weighted by Gasteiger charge is -2.13. The van der Waals surface area contributed by atoms with Crippen LogP contribution in [0.15, 0.2) is 23.1 Å². The van der Waals surface area contributed by atoms with Crippen LogP contribution in [0.2, 0.25) is 0 Å². The Bertz CT molecular complexity index is 409. The van der Waals surface area contributed by atoms with Crippen LogP contribution in [-0.4, -0.2) is 17.3 Å². The van der Waals surface area contributed by atoms with Gasteiger partial charge in [0, 0.05) is 12.2 Å². The maximum absolute atomic E-state index is 12.0. The minimum absolute atomic E-state index is 0.0338. The van der Waals surface area contributed by atoms with Crippen LogP contribution < -0.4 is 10.9 Å². The van der Waals surface area contributed by atoms with Crippen molar-refractivity contribution in [1.29, 1.82) is 0 Å². The summed E-state index contributed by atoms with van der Waals surface area (Å²) in [6.45, 7) is 2.37. The van der Waals surface area contributed by atoms with Gasteiger partial charge in [0.2, 0.25) is 0 Å². The Morgan fingerprint density at radius 2 is 2.06 bits per heavy atom. The number of pyridine rings is 1. The number of halogens is 3. The molecular formula is C10H13F3N2O. The van der Waals surface area contributed by atoms with E-state index >= 15 is 0 Å². The summed E-state index contributed by atoms with van der Waals surface area (Å²) in [7, 11) is 0. The van der Waals surface area contributed by atoms with E-state index in [9.17, 15) is 18.0 Å². The normalized spacial score (nSPS) is 11.9. The molecule has 0 saturated heterocycles. The molecule has 1 N–H and O–H groups in total. The molecule has 0 unspecified atom stereocenters. The molecule has 0 fully saturated rings. The fourth-order valence-corrected chi connectivity index (χ4v) is 1.25. The summed E-state index contributed by atoms with van der Waals surface area (Å²) in [4.78, 5) is 11.7.